The van der Waals surface area contributed by atoms with Crippen LogP contribution in [0.5, 0.6) is 0 Å². The van der Waals surface area contributed by atoms with Crippen molar-refractivity contribution in [1.29, 1.82) is 0 Å². The molecule has 0 radical (unpaired) electrons. The quantitative estimate of drug-likeness (QED) is 0.657. The first-order valence-corrected chi connectivity index (χ1v) is 4.68. The number of hydrogen-bond donors (Lipinski definition) is 0. The summed E-state index contributed by atoms with van der Waals surface area (Å²) in [4.78, 5) is 0. The van der Waals surface area contributed by atoms with Gasteiger partial charge in [0.05, 0.1) is 12.7 Å². The molecule has 2 heteroatoms. The summed E-state index contributed by atoms with van der Waals surface area (Å²) in [5.41, 5.74) is 1.25. The third-order valence-corrected chi connectivity index (χ3v) is 2.26. The van der Waals surface area contributed by atoms with Crippen molar-refractivity contribution in [3.8, 4) is 0 Å². The van der Waals surface area contributed by atoms with Gasteiger partial charge >= 0.3 is 0 Å². The minimum Gasteiger partial charge on any atom is -0.353 e. The first-order valence-electron chi connectivity index (χ1n) is 4.68. The molecule has 2 nitrogen and oxygen atoms in total. The summed E-state index contributed by atoms with van der Waals surface area (Å²) in [5.74, 6) is 0. The maximum absolute atomic E-state index is 5.65. The third kappa shape index (κ3) is 2.08. The van der Waals surface area contributed by atoms with Crippen LogP contribution in [0.2, 0.25) is 0 Å². The zero-order chi connectivity index (χ0) is 9.10. The molecule has 0 aromatic heterocycles. The third-order valence-electron chi connectivity index (χ3n) is 2.26. The average Bonchev–Trinajstić information content (AvgIpc) is 2.19. The van der Waals surface area contributed by atoms with E-state index >= 15 is 0 Å². The van der Waals surface area contributed by atoms with Crippen molar-refractivity contribution in [2.45, 2.75) is 25.7 Å². The Bertz CT molecular complexity index is 258. The highest BCUT2D eigenvalue weighted by molar-refractivity contribution is 5.17. The van der Waals surface area contributed by atoms with E-state index in [2.05, 4.69) is 12.1 Å². The van der Waals surface area contributed by atoms with Gasteiger partial charge < -0.3 is 9.47 Å². The highest BCUT2D eigenvalue weighted by atomic mass is 16.7. The second kappa shape index (κ2) is 3.90. The fourth-order valence-electron chi connectivity index (χ4n) is 1.59. The predicted octanol–water partition coefficient (Wildman–Crippen LogP) is 2.51. The van der Waals surface area contributed by atoms with Crippen LogP contribution >= 0.6 is 0 Å². The van der Waals surface area contributed by atoms with Crippen molar-refractivity contribution < 1.29 is 9.47 Å². The van der Waals surface area contributed by atoms with Gasteiger partial charge in [0, 0.05) is 6.42 Å². The van der Waals surface area contributed by atoms with E-state index < -0.39 is 0 Å². The van der Waals surface area contributed by atoms with E-state index in [9.17, 15) is 0 Å². The van der Waals surface area contributed by atoms with Crippen LogP contribution in [0.15, 0.2) is 30.3 Å². The molecule has 0 amide bonds. The lowest BCUT2D eigenvalue weighted by atomic mass is 10.1. The fraction of sp³-hybridized carbons (Fsp3) is 0.455. The molecule has 0 spiro atoms. The summed E-state index contributed by atoms with van der Waals surface area (Å²) in [6.45, 7) is 2.73. The lowest BCUT2D eigenvalue weighted by Gasteiger charge is -2.28. The van der Waals surface area contributed by atoms with E-state index in [0.29, 0.717) is 0 Å². The second-order valence-corrected chi connectivity index (χ2v) is 3.26. The molecule has 13 heavy (non-hydrogen) atoms. The van der Waals surface area contributed by atoms with Crippen molar-refractivity contribution in [1.82, 2.24) is 0 Å². The molecule has 0 aliphatic carbocycles. The molecule has 1 fully saturated rings. The highest BCUT2D eigenvalue weighted by Crippen LogP contribution is 2.26. The van der Waals surface area contributed by atoms with Gasteiger partial charge in [0.1, 0.15) is 0 Å². The van der Waals surface area contributed by atoms with E-state index in [1.54, 1.807) is 0 Å². The molecule has 0 saturated carbocycles. The van der Waals surface area contributed by atoms with E-state index in [4.69, 9.17) is 9.47 Å². The smallest absolute Gasteiger partial charge is 0.155 e. The monoisotopic (exact) mass is 178 g/mol. The Balaban J connectivity index is 2.08. The van der Waals surface area contributed by atoms with Crippen LogP contribution in [0.4, 0.5) is 0 Å². The Morgan fingerprint density at radius 3 is 2.69 bits per heavy atom. The van der Waals surface area contributed by atoms with Gasteiger partial charge in [-0.05, 0) is 12.5 Å². The first kappa shape index (κ1) is 8.73. The van der Waals surface area contributed by atoms with Gasteiger partial charge in [-0.3, -0.25) is 0 Å². The number of benzene rings is 1. The summed E-state index contributed by atoms with van der Waals surface area (Å²) in [6, 6.07) is 10.3. The van der Waals surface area contributed by atoms with Crippen LogP contribution < -0.4 is 0 Å². The molecule has 1 heterocycles. The van der Waals surface area contributed by atoms with E-state index in [1.165, 1.54) is 5.56 Å². The molecular formula is C11H14O2. The fourth-order valence-corrected chi connectivity index (χ4v) is 1.59. The van der Waals surface area contributed by atoms with E-state index in [1.807, 2.05) is 25.1 Å². The van der Waals surface area contributed by atoms with Crippen molar-refractivity contribution in [2.24, 2.45) is 0 Å². The standard InChI is InChI=1S/C11H14O2/c1-9-12-8-7-11(13-9)10-5-3-2-4-6-10/h2-6,9,11H,7-8H2,1H3/t9-,11-/m0/s1. The normalized spacial score (nSPS) is 28.7. The van der Waals surface area contributed by atoms with Crippen LogP contribution in [-0.2, 0) is 9.47 Å². The van der Waals surface area contributed by atoms with Gasteiger partial charge in [-0.2, -0.15) is 0 Å². The Morgan fingerprint density at radius 2 is 2.00 bits per heavy atom. The highest BCUT2D eigenvalue weighted by Gasteiger charge is 2.20. The lowest BCUT2D eigenvalue weighted by Crippen LogP contribution is -2.24. The van der Waals surface area contributed by atoms with Crippen LogP contribution in [0.3, 0.4) is 0 Å². The minimum atomic E-state index is -0.0704. The summed E-state index contributed by atoms with van der Waals surface area (Å²) in [6.07, 6.45) is 1.10. The molecule has 0 N–H and O–H groups in total. The van der Waals surface area contributed by atoms with Gasteiger partial charge in [-0.1, -0.05) is 30.3 Å². The summed E-state index contributed by atoms with van der Waals surface area (Å²) in [5, 5.41) is 0. The second-order valence-electron chi connectivity index (χ2n) is 3.26. The van der Waals surface area contributed by atoms with Crippen molar-refractivity contribution in [3.05, 3.63) is 35.9 Å². The van der Waals surface area contributed by atoms with Crippen LogP contribution in [0, 0.1) is 0 Å². The van der Waals surface area contributed by atoms with E-state index in [-0.39, 0.29) is 12.4 Å². The van der Waals surface area contributed by atoms with Gasteiger partial charge in [0.15, 0.2) is 6.29 Å². The van der Waals surface area contributed by atoms with Crippen molar-refractivity contribution in [2.75, 3.05) is 6.61 Å². The van der Waals surface area contributed by atoms with Crippen LogP contribution in [-0.4, -0.2) is 12.9 Å². The molecule has 1 aliphatic rings. The average molecular weight is 178 g/mol. The topological polar surface area (TPSA) is 18.5 Å². The molecule has 2 rings (SSSR count). The van der Waals surface area contributed by atoms with E-state index in [0.717, 1.165) is 13.0 Å². The van der Waals surface area contributed by atoms with Gasteiger partial charge in [0.25, 0.3) is 0 Å². The van der Waals surface area contributed by atoms with Crippen molar-refractivity contribution in [3.63, 3.8) is 0 Å². The number of ether oxygens (including phenoxy) is 2. The molecule has 70 valence electrons. The lowest BCUT2D eigenvalue weighted by molar-refractivity contribution is -0.204. The molecule has 1 aliphatic heterocycles. The number of hydrogen-bond acceptors (Lipinski definition) is 2. The Labute approximate surface area is 78.5 Å². The Morgan fingerprint density at radius 1 is 1.23 bits per heavy atom. The summed E-state index contributed by atoms with van der Waals surface area (Å²) < 4.78 is 11.0. The van der Waals surface area contributed by atoms with Gasteiger partial charge in [-0.15, -0.1) is 0 Å². The van der Waals surface area contributed by atoms with Gasteiger partial charge in [0.2, 0.25) is 0 Å². The van der Waals surface area contributed by atoms with Crippen LogP contribution in [0.1, 0.15) is 25.0 Å². The molecule has 1 aromatic carbocycles. The largest absolute Gasteiger partial charge is 0.353 e. The Kier molecular flexibility index (Phi) is 2.62. The molecule has 1 aromatic rings. The molecular weight excluding hydrogens is 164 g/mol. The molecule has 1 saturated heterocycles. The summed E-state index contributed by atoms with van der Waals surface area (Å²) in [7, 11) is 0. The minimum absolute atomic E-state index is 0.0704. The zero-order valence-electron chi connectivity index (χ0n) is 7.77. The SMILES string of the molecule is C[C@H]1OCC[C@@H](c2ccccc2)O1. The van der Waals surface area contributed by atoms with Crippen LogP contribution in [0.25, 0.3) is 0 Å². The number of rotatable bonds is 1. The first-order chi connectivity index (χ1) is 6.36. The zero-order valence-corrected chi connectivity index (χ0v) is 7.77. The van der Waals surface area contributed by atoms with Crippen molar-refractivity contribution >= 4 is 0 Å². The Hall–Kier alpha value is -0.860. The maximum Gasteiger partial charge on any atom is 0.155 e. The van der Waals surface area contributed by atoms with Gasteiger partial charge in [-0.25, -0.2) is 0 Å². The summed E-state index contributed by atoms with van der Waals surface area (Å²) >= 11 is 0. The predicted molar refractivity (Wildman–Crippen MR) is 50.3 cm³/mol. The molecule has 0 bridgehead atoms. The molecule has 0 unspecified atom stereocenters. The molecule has 2 atom stereocenters. The maximum atomic E-state index is 5.65.